The smallest absolute Gasteiger partial charge is 0.276 e. The van der Waals surface area contributed by atoms with Crippen molar-refractivity contribution in [2.75, 3.05) is 44.1 Å². The van der Waals surface area contributed by atoms with Gasteiger partial charge in [-0.1, -0.05) is 0 Å². The number of anilines is 2. The SMILES string of the molecule is CNc1cc([N+](=O)[O-])cc(N(C)CCOCC2CC2)n1. The fraction of sp³-hybridized carbons (Fsp3) is 0.615. The number of likely N-dealkylation sites (N-methyl/N-ethyl adjacent to an activating group) is 1. The monoisotopic (exact) mass is 280 g/mol. The van der Waals surface area contributed by atoms with E-state index < -0.39 is 4.92 Å². The first-order chi connectivity index (χ1) is 9.60. The summed E-state index contributed by atoms with van der Waals surface area (Å²) in [7, 11) is 3.54. The molecule has 7 heteroatoms. The Morgan fingerprint density at radius 1 is 1.55 bits per heavy atom. The summed E-state index contributed by atoms with van der Waals surface area (Å²) in [5.74, 6) is 1.80. The van der Waals surface area contributed by atoms with Crippen LogP contribution in [0.3, 0.4) is 0 Å². The molecule has 1 aromatic rings. The summed E-state index contributed by atoms with van der Waals surface area (Å²) >= 11 is 0. The van der Waals surface area contributed by atoms with Crippen LogP contribution >= 0.6 is 0 Å². The average Bonchev–Trinajstić information content (AvgIpc) is 3.26. The zero-order valence-electron chi connectivity index (χ0n) is 11.8. The summed E-state index contributed by atoms with van der Waals surface area (Å²) in [4.78, 5) is 16.7. The molecule has 0 saturated heterocycles. The minimum atomic E-state index is -0.413. The third-order valence-electron chi connectivity index (χ3n) is 3.28. The van der Waals surface area contributed by atoms with Crippen molar-refractivity contribution in [1.82, 2.24) is 4.98 Å². The molecular weight excluding hydrogens is 260 g/mol. The van der Waals surface area contributed by atoms with Crippen LogP contribution in [0.5, 0.6) is 0 Å². The third kappa shape index (κ3) is 4.06. The van der Waals surface area contributed by atoms with Gasteiger partial charge in [-0.15, -0.1) is 0 Å². The minimum Gasteiger partial charge on any atom is -0.379 e. The Labute approximate surface area is 118 Å². The lowest BCUT2D eigenvalue weighted by Gasteiger charge is -2.18. The van der Waals surface area contributed by atoms with Crippen LogP contribution in [-0.2, 0) is 4.74 Å². The molecule has 0 spiro atoms. The lowest BCUT2D eigenvalue weighted by atomic mass is 10.3. The van der Waals surface area contributed by atoms with E-state index in [1.807, 2.05) is 11.9 Å². The maximum atomic E-state index is 10.9. The van der Waals surface area contributed by atoms with E-state index in [-0.39, 0.29) is 5.69 Å². The van der Waals surface area contributed by atoms with Crippen LogP contribution in [0, 0.1) is 16.0 Å². The Kier molecular flexibility index (Phi) is 4.73. The van der Waals surface area contributed by atoms with Crippen LogP contribution in [0.1, 0.15) is 12.8 Å². The molecule has 1 aromatic heterocycles. The van der Waals surface area contributed by atoms with Gasteiger partial charge in [0.2, 0.25) is 0 Å². The lowest BCUT2D eigenvalue weighted by molar-refractivity contribution is -0.384. The molecule has 2 rings (SSSR count). The highest BCUT2D eigenvalue weighted by molar-refractivity contribution is 5.55. The van der Waals surface area contributed by atoms with Crippen molar-refractivity contribution in [2.24, 2.45) is 5.92 Å². The first-order valence-electron chi connectivity index (χ1n) is 6.73. The normalized spacial score (nSPS) is 14.1. The maximum absolute atomic E-state index is 10.9. The molecule has 1 aliphatic carbocycles. The minimum absolute atomic E-state index is 0.0325. The van der Waals surface area contributed by atoms with Gasteiger partial charge in [0.05, 0.1) is 23.7 Å². The molecule has 7 nitrogen and oxygen atoms in total. The Balaban J connectivity index is 1.94. The molecule has 1 N–H and O–H groups in total. The number of ether oxygens (including phenoxy) is 1. The summed E-state index contributed by atoms with van der Waals surface area (Å²) in [6, 6.07) is 2.89. The van der Waals surface area contributed by atoms with Crippen molar-refractivity contribution in [3.05, 3.63) is 22.2 Å². The number of hydrogen-bond donors (Lipinski definition) is 1. The lowest BCUT2D eigenvalue weighted by Crippen LogP contribution is -2.24. The van der Waals surface area contributed by atoms with E-state index in [4.69, 9.17) is 4.74 Å². The summed E-state index contributed by atoms with van der Waals surface area (Å²) in [5.41, 5.74) is 0.0325. The van der Waals surface area contributed by atoms with Crippen LogP contribution in [-0.4, -0.2) is 43.8 Å². The van der Waals surface area contributed by atoms with Gasteiger partial charge >= 0.3 is 0 Å². The van der Waals surface area contributed by atoms with Crippen LogP contribution in [0.4, 0.5) is 17.3 Å². The Morgan fingerprint density at radius 2 is 2.30 bits per heavy atom. The third-order valence-corrected chi connectivity index (χ3v) is 3.28. The quantitative estimate of drug-likeness (QED) is 0.445. The largest absolute Gasteiger partial charge is 0.379 e. The van der Waals surface area contributed by atoms with Gasteiger partial charge in [0.1, 0.15) is 11.6 Å². The average molecular weight is 280 g/mol. The molecule has 1 fully saturated rings. The number of nitrogens with zero attached hydrogens (tertiary/aromatic N) is 3. The molecule has 1 heterocycles. The molecule has 1 saturated carbocycles. The first-order valence-corrected chi connectivity index (χ1v) is 6.73. The van der Waals surface area contributed by atoms with Crippen molar-refractivity contribution in [2.45, 2.75) is 12.8 Å². The number of hydrogen-bond acceptors (Lipinski definition) is 6. The number of rotatable bonds is 8. The van der Waals surface area contributed by atoms with Crippen molar-refractivity contribution < 1.29 is 9.66 Å². The maximum Gasteiger partial charge on any atom is 0.276 e. The van der Waals surface area contributed by atoms with Crippen LogP contribution in [0.15, 0.2) is 12.1 Å². The zero-order chi connectivity index (χ0) is 14.5. The zero-order valence-corrected chi connectivity index (χ0v) is 11.8. The van der Waals surface area contributed by atoms with E-state index in [0.29, 0.717) is 24.8 Å². The Bertz CT molecular complexity index is 477. The number of pyridine rings is 1. The fourth-order valence-electron chi connectivity index (χ4n) is 1.78. The molecular formula is C13H20N4O3. The molecule has 0 amide bonds. The van der Waals surface area contributed by atoms with Crippen LogP contribution in [0.2, 0.25) is 0 Å². The van der Waals surface area contributed by atoms with Gasteiger partial charge in [-0.2, -0.15) is 0 Å². The topological polar surface area (TPSA) is 80.5 Å². The van der Waals surface area contributed by atoms with Crippen molar-refractivity contribution >= 4 is 17.3 Å². The fourth-order valence-corrected chi connectivity index (χ4v) is 1.78. The van der Waals surface area contributed by atoms with Crippen molar-refractivity contribution in [3.63, 3.8) is 0 Å². The number of nitro groups is 1. The van der Waals surface area contributed by atoms with Crippen LogP contribution in [0.25, 0.3) is 0 Å². The molecule has 110 valence electrons. The molecule has 0 radical (unpaired) electrons. The van der Waals surface area contributed by atoms with Gasteiger partial charge in [0, 0.05) is 27.2 Å². The molecule has 0 aromatic carbocycles. The van der Waals surface area contributed by atoms with Gasteiger partial charge in [0.25, 0.3) is 5.69 Å². The van der Waals surface area contributed by atoms with E-state index in [2.05, 4.69) is 10.3 Å². The second-order valence-electron chi connectivity index (χ2n) is 5.02. The number of aromatic nitrogens is 1. The van der Waals surface area contributed by atoms with Gasteiger partial charge in [-0.3, -0.25) is 10.1 Å². The molecule has 1 aliphatic rings. The van der Waals surface area contributed by atoms with Crippen molar-refractivity contribution in [3.8, 4) is 0 Å². The van der Waals surface area contributed by atoms with Crippen molar-refractivity contribution in [1.29, 1.82) is 0 Å². The molecule has 0 atom stereocenters. The highest BCUT2D eigenvalue weighted by Crippen LogP contribution is 2.28. The first kappa shape index (κ1) is 14.5. The Hall–Kier alpha value is -1.89. The second kappa shape index (κ2) is 6.51. The molecule has 20 heavy (non-hydrogen) atoms. The number of nitrogens with one attached hydrogen (secondary N) is 1. The summed E-state index contributed by atoms with van der Waals surface area (Å²) in [6.07, 6.45) is 2.54. The Morgan fingerprint density at radius 3 is 2.90 bits per heavy atom. The second-order valence-corrected chi connectivity index (χ2v) is 5.02. The van der Waals surface area contributed by atoms with E-state index in [0.717, 1.165) is 12.5 Å². The summed E-state index contributed by atoms with van der Waals surface area (Å²) < 4.78 is 5.57. The van der Waals surface area contributed by atoms with Crippen LogP contribution < -0.4 is 10.2 Å². The van der Waals surface area contributed by atoms with Gasteiger partial charge in [0.15, 0.2) is 0 Å². The molecule has 0 unspecified atom stereocenters. The summed E-state index contributed by atoms with van der Waals surface area (Å²) in [6.45, 7) is 2.08. The van der Waals surface area contributed by atoms with E-state index in [9.17, 15) is 10.1 Å². The summed E-state index contributed by atoms with van der Waals surface area (Å²) in [5, 5.41) is 13.7. The highest BCUT2D eigenvalue weighted by atomic mass is 16.6. The predicted octanol–water partition coefficient (Wildman–Crippen LogP) is 1.89. The highest BCUT2D eigenvalue weighted by Gasteiger charge is 2.21. The molecule has 0 aliphatic heterocycles. The van der Waals surface area contributed by atoms with Gasteiger partial charge in [-0.25, -0.2) is 4.98 Å². The van der Waals surface area contributed by atoms with E-state index in [1.165, 1.54) is 25.0 Å². The van der Waals surface area contributed by atoms with Gasteiger partial charge < -0.3 is 15.0 Å². The molecule has 0 bridgehead atoms. The predicted molar refractivity (Wildman–Crippen MR) is 77.3 cm³/mol. The van der Waals surface area contributed by atoms with E-state index in [1.54, 1.807) is 7.05 Å². The van der Waals surface area contributed by atoms with E-state index >= 15 is 0 Å². The van der Waals surface area contributed by atoms with Gasteiger partial charge in [-0.05, 0) is 18.8 Å². The standard InChI is InChI=1S/C13H20N4O3/c1-14-12-7-11(17(18)19)8-13(15-12)16(2)5-6-20-9-10-3-4-10/h7-8,10H,3-6,9H2,1-2H3,(H,14,15).